The van der Waals surface area contributed by atoms with Crippen molar-refractivity contribution in [3.8, 4) is 11.8 Å². The molecule has 2 heterocycles. The molecule has 1 aromatic heterocycles. The van der Waals surface area contributed by atoms with E-state index in [4.69, 9.17) is 10.00 Å². The molecule has 1 aliphatic rings. The largest absolute Gasteiger partial charge is 0.490 e. The Hall–Kier alpha value is -3.26. The number of carbonyl (C=O) groups is 1. The third kappa shape index (κ3) is 4.59. The number of nitriles is 1. The van der Waals surface area contributed by atoms with Gasteiger partial charge in [0.2, 0.25) is 0 Å². The van der Waals surface area contributed by atoms with Crippen LogP contribution in [0, 0.1) is 25.2 Å². The van der Waals surface area contributed by atoms with Crippen LogP contribution in [-0.2, 0) is 6.54 Å². The lowest BCUT2D eigenvalue weighted by atomic mass is 10.1. The second-order valence-electron chi connectivity index (χ2n) is 8.37. The summed E-state index contributed by atoms with van der Waals surface area (Å²) in [6, 6.07) is 16.4. The minimum absolute atomic E-state index is 0.0832. The van der Waals surface area contributed by atoms with E-state index in [1.807, 2.05) is 41.4 Å². The summed E-state index contributed by atoms with van der Waals surface area (Å²) in [5.41, 5.74) is 4.30. The molecule has 1 fully saturated rings. The van der Waals surface area contributed by atoms with Crippen molar-refractivity contribution >= 4 is 16.8 Å². The van der Waals surface area contributed by atoms with Crippen LogP contribution < -0.4 is 4.74 Å². The number of rotatable bonds is 6. The Morgan fingerprint density at radius 2 is 1.90 bits per heavy atom. The standard InChI is InChI=1S/C26H29N3O2/c1-19-9-10-22(17-20(19)2)31-21-11-15-28(16-12-21)26(30)24-18-29(14-6-5-13-27)25-8-4-3-7-23(24)25/h3-4,7-10,17-18,21H,5-6,11-12,14-16H2,1-2H3. The third-order valence-corrected chi connectivity index (χ3v) is 6.22. The predicted molar refractivity (Wildman–Crippen MR) is 122 cm³/mol. The van der Waals surface area contributed by atoms with Gasteiger partial charge in [-0.15, -0.1) is 0 Å². The lowest BCUT2D eigenvalue weighted by Crippen LogP contribution is -2.41. The first-order valence-corrected chi connectivity index (χ1v) is 11.0. The highest BCUT2D eigenvalue weighted by Crippen LogP contribution is 2.26. The summed E-state index contributed by atoms with van der Waals surface area (Å²) in [4.78, 5) is 15.3. The number of carbonyl (C=O) groups excluding carboxylic acids is 1. The molecule has 1 saturated heterocycles. The van der Waals surface area contributed by atoms with Crippen LogP contribution in [0.3, 0.4) is 0 Å². The van der Waals surface area contributed by atoms with Gasteiger partial charge in [0.15, 0.2) is 0 Å². The average molecular weight is 416 g/mol. The molecule has 31 heavy (non-hydrogen) atoms. The van der Waals surface area contributed by atoms with Gasteiger partial charge in [-0.2, -0.15) is 5.26 Å². The lowest BCUT2D eigenvalue weighted by molar-refractivity contribution is 0.0597. The number of aromatic nitrogens is 1. The van der Waals surface area contributed by atoms with Gasteiger partial charge < -0.3 is 14.2 Å². The molecule has 5 heteroatoms. The van der Waals surface area contributed by atoms with Crippen molar-refractivity contribution in [3.05, 3.63) is 65.4 Å². The van der Waals surface area contributed by atoms with Gasteiger partial charge in [-0.1, -0.05) is 24.3 Å². The van der Waals surface area contributed by atoms with Gasteiger partial charge in [-0.05, 0) is 49.6 Å². The highest BCUT2D eigenvalue weighted by molar-refractivity contribution is 6.07. The molecule has 4 rings (SSSR count). The van der Waals surface area contributed by atoms with E-state index in [0.29, 0.717) is 19.5 Å². The van der Waals surface area contributed by atoms with Crippen molar-refractivity contribution in [1.29, 1.82) is 5.26 Å². The molecule has 0 aliphatic carbocycles. The number of nitrogens with zero attached hydrogens (tertiary/aromatic N) is 3. The second-order valence-corrected chi connectivity index (χ2v) is 8.37. The number of para-hydroxylation sites is 1. The van der Waals surface area contributed by atoms with Crippen molar-refractivity contribution in [1.82, 2.24) is 9.47 Å². The third-order valence-electron chi connectivity index (χ3n) is 6.22. The smallest absolute Gasteiger partial charge is 0.256 e. The van der Waals surface area contributed by atoms with Crippen molar-refractivity contribution in [2.75, 3.05) is 13.1 Å². The van der Waals surface area contributed by atoms with Crippen LogP contribution in [-0.4, -0.2) is 34.6 Å². The monoisotopic (exact) mass is 415 g/mol. The summed E-state index contributed by atoms with van der Waals surface area (Å²) in [6.07, 6.45) is 5.06. The molecular formula is C26H29N3O2. The second kappa shape index (κ2) is 9.26. The van der Waals surface area contributed by atoms with Gasteiger partial charge in [0.1, 0.15) is 11.9 Å². The van der Waals surface area contributed by atoms with Crippen LogP contribution in [0.25, 0.3) is 10.9 Å². The summed E-state index contributed by atoms with van der Waals surface area (Å²) < 4.78 is 8.29. The van der Waals surface area contributed by atoms with E-state index in [1.165, 1.54) is 11.1 Å². The fourth-order valence-electron chi connectivity index (χ4n) is 4.26. The van der Waals surface area contributed by atoms with Crippen molar-refractivity contribution in [3.63, 3.8) is 0 Å². The number of likely N-dealkylation sites (tertiary alicyclic amines) is 1. The Labute approximate surface area is 183 Å². The highest BCUT2D eigenvalue weighted by atomic mass is 16.5. The number of hydrogen-bond donors (Lipinski definition) is 0. The molecule has 0 saturated carbocycles. The van der Waals surface area contributed by atoms with E-state index in [2.05, 4.69) is 36.6 Å². The van der Waals surface area contributed by atoms with E-state index in [1.54, 1.807) is 0 Å². The zero-order valence-corrected chi connectivity index (χ0v) is 18.3. The number of fused-ring (bicyclic) bond motifs is 1. The first kappa shape index (κ1) is 21.0. The number of piperidine rings is 1. The molecule has 0 radical (unpaired) electrons. The topological polar surface area (TPSA) is 58.3 Å². The predicted octanol–water partition coefficient (Wildman–Crippen LogP) is 5.25. The molecule has 0 N–H and O–H groups in total. The first-order valence-electron chi connectivity index (χ1n) is 11.0. The van der Waals surface area contributed by atoms with Crippen LogP contribution in [0.5, 0.6) is 5.75 Å². The van der Waals surface area contributed by atoms with Crippen molar-refractivity contribution < 1.29 is 9.53 Å². The summed E-state index contributed by atoms with van der Waals surface area (Å²) in [5, 5.41) is 9.82. The van der Waals surface area contributed by atoms with E-state index in [-0.39, 0.29) is 12.0 Å². The van der Waals surface area contributed by atoms with Crippen molar-refractivity contribution in [2.24, 2.45) is 0 Å². The fraction of sp³-hybridized carbons (Fsp3) is 0.385. The summed E-state index contributed by atoms with van der Waals surface area (Å²) in [7, 11) is 0. The summed E-state index contributed by atoms with van der Waals surface area (Å²) >= 11 is 0. The van der Waals surface area contributed by atoms with Gasteiger partial charge in [0.25, 0.3) is 5.91 Å². The molecular weight excluding hydrogens is 386 g/mol. The number of ether oxygens (including phenoxy) is 1. The fourth-order valence-corrected chi connectivity index (χ4v) is 4.26. The molecule has 160 valence electrons. The van der Waals surface area contributed by atoms with Crippen LogP contribution in [0.1, 0.15) is 47.2 Å². The normalized spacial score (nSPS) is 14.5. The SMILES string of the molecule is Cc1ccc(OC2CCN(C(=O)c3cn(CCCC#N)c4ccccc34)CC2)cc1C. The highest BCUT2D eigenvalue weighted by Gasteiger charge is 2.26. The maximum Gasteiger partial charge on any atom is 0.256 e. The molecule has 3 aromatic rings. The van der Waals surface area contributed by atoms with E-state index in [9.17, 15) is 4.79 Å². The Balaban J connectivity index is 1.43. The number of aryl methyl sites for hydroxylation is 3. The molecule has 0 spiro atoms. The zero-order valence-electron chi connectivity index (χ0n) is 18.3. The summed E-state index contributed by atoms with van der Waals surface area (Å²) in [6.45, 7) is 6.34. The average Bonchev–Trinajstić information content (AvgIpc) is 3.15. The van der Waals surface area contributed by atoms with Crippen LogP contribution >= 0.6 is 0 Å². The lowest BCUT2D eigenvalue weighted by Gasteiger charge is -2.32. The zero-order chi connectivity index (χ0) is 21.8. The Bertz CT molecular complexity index is 1120. The Morgan fingerprint density at radius 3 is 2.65 bits per heavy atom. The number of amides is 1. The number of hydrogen-bond acceptors (Lipinski definition) is 3. The molecule has 5 nitrogen and oxygen atoms in total. The Morgan fingerprint density at radius 1 is 1.13 bits per heavy atom. The first-order chi connectivity index (χ1) is 15.1. The van der Waals surface area contributed by atoms with Crippen LogP contribution in [0.15, 0.2) is 48.7 Å². The van der Waals surface area contributed by atoms with Gasteiger partial charge in [-0.3, -0.25) is 4.79 Å². The van der Waals surface area contributed by atoms with E-state index in [0.717, 1.165) is 48.0 Å². The number of unbranched alkanes of at least 4 members (excludes halogenated alkanes) is 1. The Kier molecular flexibility index (Phi) is 6.27. The van der Waals surface area contributed by atoms with Gasteiger partial charge in [-0.25, -0.2) is 0 Å². The van der Waals surface area contributed by atoms with Gasteiger partial charge in [0.05, 0.1) is 11.6 Å². The molecule has 0 atom stereocenters. The van der Waals surface area contributed by atoms with Crippen LogP contribution in [0.2, 0.25) is 0 Å². The maximum absolute atomic E-state index is 13.3. The van der Waals surface area contributed by atoms with Gasteiger partial charge >= 0.3 is 0 Å². The maximum atomic E-state index is 13.3. The summed E-state index contributed by atoms with van der Waals surface area (Å²) in [5.74, 6) is 0.994. The molecule has 1 aliphatic heterocycles. The molecule has 0 bridgehead atoms. The molecule has 2 aromatic carbocycles. The van der Waals surface area contributed by atoms with Crippen molar-refractivity contribution in [2.45, 2.75) is 52.2 Å². The van der Waals surface area contributed by atoms with Gasteiger partial charge in [0, 0.05) is 56.0 Å². The minimum Gasteiger partial charge on any atom is -0.490 e. The molecule has 1 amide bonds. The quantitative estimate of drug-likeness (QED) is 0.517. The number of benzene rings is 2. The molecule has 0 unspecified atom stereocenters. The van der Waals surface area contributed by atoms with E-state index >= 15 is 0 Å². The van der Waals surface area contributed by atoms with E-state index < -0.39 is 0 Å². The minimum atomic E-state index is 0.0832. The van der Waals surface area contributed by atoms with Crippen LogP contribution in [0.4, 0.5) is 0 Å².